The molecule has 0 spiro atoms. The molecule has 1 heterocycles. The number of hydrogen-bond acceptors (Lipinski definition) is 3. The Morgan fingerprint density at radius 3 is 2.38 bits per heavy atom. The van der Waals surface area contributed by atoms with Gasteiger partial charge in [-0.25, -0.2) is 9.67 Å². The highest BCUT2D eigenvalue weighted by atomic mass is 16.1. The second kappa shape index (κ2) is 6.39. The van der Waals surface area contributed by atoms with Crippen LogP contribution in [0, 0.1) is 18.3 Å². The maximum Gasteiger partial charge on any atom is 0.297 e. The molecular weight excluding hydrogens is 300 g/mol. The molecule has 0 aliphatic heterocycles. The standard InChI is InChI=1S/C19H16N4O/c1-14-18(21-13-16-10-8-15(12-20)9-11-16)19(24)23(22(14)2)17-6-4-3-5-7-17/h3-11,13H,1-2H3. The van der Waals surface area contributed by atoms with E-state index in [1.807, 2.05) is 44.3 Å². The van der Waals surface area contributed by atoms with Crippen molar-refractivity contribution in [3.63, 3.8) is 0 Å². The highest BCUT2D eigenvalue weighted by Crippen LogP contribution is 2.16. The van der Waals surface area contributed by atoms with Crippen molar-refractivity contribution in [3.05, 3.63) is 81.8 Å². The van der Waals surface area contributed by atoms with E-state index in [2.05, 4.69) is 11.1 Å². The van der Waals surface area contributed by atoms with Crippen molar-refractivity contribution >= 4 is 11.9 Å². The van der Waals surface area contributed by atoms with Gasteiger partial charge >= 0.3 is 0 Å². The van der Waals surface area contributed by atoms with Crippen LogP contribution < -0.4 is 5.56 Å². The molecule has 5 nitrogen and oxygen atoms in total. The van der Waals surface area contributed by atoms with Gasteiger partial charge in [0.2, 0.25) is 0 Å². The minimum Gasteiger partial charge on any atom is -0.283 e. The smallest absolute Gasteiger partial charge is 0.283 e. The van der Waals surface area contributed by atoms with Crippen LogP contribution in [0.5, 0.6) is 0 Å². The lowest BCUT2D eigenvalue weighted by atomic mass is 10.2. The molecule has 0 bridgehead atoms. The first-order chi connectivity index (χ1) is 11.6. The van der Waals surface area contributed by atoms with Crippen molar-refractivity contribution < 1.29 is 0 Å². The number of nitriles is 1. The van der Waals surface area contributed by atoms with Gasteiger partial charge in [0.05, 0.1) is 23.0 Å². The summed E-state index contributed by atoms with van der Waals surface area (Å²) in [5.74, 6) is 0. The summed E-state index contributed by atoms with van der Waals surface area (Å²) in [5, 5.41) is 8.82. The molecule has 1 aromatic heterocycles. The Hall–Kier alpha value is -3.39. The van der Waals surface area contributed by atoms with Crippen molar-refractivity contribution in [2.75, 3.05) is 0 Å². The number of rotatable bonds is 3. The van der Waals surface area contributed by atoms with E-state index in [4.69, 9.17) is 5.26 Å². The molecule has 118 valence electrons. The number of aromatic nitrogens is 2. The van der Waals surface area contributed by atoms with Crippen molar-refractivity contribution in [1.82, 2.24) is 9.36 Å². The number of nitrogens with zero attached hydrogens (tertiary/aromatic N) is 4. The first-order valence-corrected chi connectivity index (χ1v) is 7.50. The first kappa shape index (κ1) is 15.5. The average molecular weight is 316 g/mol. The van der Waals surface area contributed by atoms with Crippen LogP contribution in [0.25, 0.3) is 5.69 Å². The fraction of sp³-hybridized carbons (Fsp3) is 0.105. The van der Waals surface area contributed by atoms with Crippen LogP contribution in [0.1, 0.15) is 16.8 Å². The molecule has 24 heavy (non-hydrogen) atoms. The summed E-state index contributed by atoms with van der Waals surface area (Å²) in [7, 11) is 1.84. The lowest BCUT2D eigenvalue weighted by molar-refractivity contribution is 0.630. The number of aliphatic imine (C=N–C) groups is 1. The Balaban J connectivity index is 2.02. The van der Waals surface area contributed by atoms with Gasteiger partial charge in [0.1, 0.15) is 0 Å². The van der Waals surface area contributed by atoms with Crippen LogP contribution in [0.4, 0.5) is 5.69 Å². The minimum atomic E-state index is -0.161. The fourth-order valence-corrected chi connectivity index (χ4v) is 2.49. The van der Waals surface area contributed by atoms with Crippen molar-refractivity contribution in [1.29, 1.82) is 5.26 Å². The summed E-state index contributed by atoms with van der Waals surface area (Å²) in [4.78, 5) is 17.1. The van der Waals surface area contributed by atoms with E-state index in [0.29, 0.717) is 11.3 Å². The molecule has 0 saturated carbocycles. The van der Waals surface area contributed by atoms with Crippen LogP contribution in [-0.2, 0) is 7.05 Å². The highest BCUT2D eigenvalue weighted by molar-refractivity contribution is 5.82. The Labute approximate surface area is 139 Å². The Morgan fingerprint density at radius 1 is 1.08 bits per heavy atom. The lowest BCUT2D eigenvalue weighted by Crippen LogP contribution is -2.19. The van der Waals surface area contributed by atoms with Gasteiger partial charge in [-0.1, -0.05) is 30.3 Å². The van der Waals surface area contributed by atoms with Gasteiger partial charge in [-0.2, -0.15) is 5.26 Å². The van der Waals surface area contributed by atoms with Crippen LogP contribution in [0.3, 0.4) is 0 Å². The monoisotopic (exact) mass is 316 g/mol. The zero-order valence-electron chi connectivity index (χ0n) is 13.5. The predicted octanol–water partition coefficient (Wildman–Crippen LogP) is 3.11. The summed E-state index contributed by atoms with van der Waals surface area (Å²) in [6.45, 7) is 1.87. The second-order valence-electron chi connectivity index (χ2n) is 5.40. The second-order valence-corrected chi connectivity index (χ2v) is 5.40. The molecule has 0 unspecified atom stereocenters. The molecule has 0 aliphatic rings. The largest absolute Gasteiger partial charge is 0.297 e. The Morgan fingerprint density at radius 2 is 1.75 bits per heavy atom. The Kier molecular flexibility index (Phi) is 4.13. The molecule has 0 amide bonds. The van der Waals surface area contributed by atoms with Crippen molar-refractivity contribution in [2.45, 2.75) is 6.92 Å². The molecule has 0 radical (unpaired) electrons. The summed E-state index contributed by atoms with van der Waals surface area (Å²) in [6, 6.07) is 18.6. The maximum atomic E-state index is 12.7. The third kappa shape index (κ3) is 2.77. The van der Waals surface area contributed by atoms with Gasteiger partial charge < -0.3 is 0 Å². The van der Waals surface area contributed by atoms with Gasteiger partial charge in [-0.15, -0.1) is 0 Å². The Bertz CT molecular complexity index is 987. The van der Waals surface area contributed by atoms with Gasteiger partial charge in [0.25, 0.3) is 5.56 Å². The quantitative estimate of drug-likeness (QED) is 0.697. The van der Waals surface area contributed by atoms with Gasteiger partial charge in [-0.05, 0) is 36.8 Å². The molecule has 0 saturated heterocycles. The third-order valence-corrected chi connectivity index (χ3v) is 3.91. The molecule has 0 N–H and O–H groups in total. The predicted molar refractivity (Wildman–Crippen MR) is 94.2 cm³/mol. The van der Waals surface area contributed by atoms with Crippen LogP contribution in [-0.4, -0.2) is 15.6 Å². The highest BCUT2D eigenvalue weighted by Gasteiger charge is 2.14. The van der Waals surface area contributed by atoms with E-state index in [9.17, 15) is 4.79 Å². The summed E-state index contributed by atoms with van der Waals surface area (Å²) in [6.07, 6.45) is 1.64. The molecule has 0 fully saturated rings. The van der Waals surface area contributed by atoms with Gasteiger partial charge in [0.15, 0.2) is 5.69 Å². The lowest BCUT2D eigenvalue weighted by Gasteiger charge is -2.07. The molecule has 2 aromatic carbocycles. The first-order valence-electron chi connectivity index (χ1n) is 7.50. The van der Waals surface area contributed by atoms with Crippen LogP contribution in [0.2, 0.25) is 0 Å². The average Bonchev–Trinajstić information content (AvgIpc) is 2.83. The van der Waals surface area contributed by atoms with Crippen molar-refractivity contribution in [3.8, 4) is 11.8 Å². The minimum absolute atomic E-state index is 0.161. The zero-order valence-corrected chi connectivity index (χ0v) is 13.5. The summed E-state index contributed by atoms with van der Waals surface area (Å²) >= 11 is 0. The van der Waals surface area contributed by atoms with E-state index < -0.39 is 0 Å². The van der Waals surface area contributed by atoms with Gasteiger partial charge in [-0.3, -0.25) is 9.48 Å². The molecule has 5 heteroatoms. The molecule has 3 rings (SSSR count). The van der Waals surface area contributed by atoms with E-state index in [-0.39, 0.29) is 5.56 Å². The molecule has 0 atom stereocenters. The molecular formula is C19H16N4O. The fourth-order valence-electron chi connectivity index (χ4n) is 2.49. The normalized spacial score (nSPS) is 10.9. The van der Waals surface area contributed by atoms with Crippen molar-refractivity contribution in [2.24, 2.45) is 12.0 Å². The van der Waals surface area contributed by atoms with E-state index in [1.54, 1.807) is 39.8 Å². The number of hydrogen-bond donors (Lipinski definition) is 0. The van der Waals surface area contributed by atoms with E-state index in [1.165, 1.54) is 0 Å². The molecule has 3 aromatic rings. The van der Waals surface area contributed by atoms with E-state index >= 15 is 0 Å². The number of benzene rings is 2. The van der Waals surface area contributed by atoms with Gasteiger partial charge in [0, 0.05) is 13.3 Å². The number of para-hydroxylation sites is 1. The summed E-state index contributed by atoms with van der Waals surface area (Å²) < 4.78 is 3.39. The SMILES string of the molecule is Cc1c(N=Cc2ccc(C#N)cc2)c(=O)n(-c2ccccc2)n1C. The maximum absolute atomic E-state index is 12.7. The zero-order chi connectivity index (χ0) is 17.1. The van der Waals surface area contributed by atoms with Crippen LogP contribution >= 0.6 is 0 Å². The van der Waals surface area contributed by atoms with E-state index in [0.717, 1.165) is 16.9 Å². The van der Waals surface area contributed by atoms with Crippen LogP contribution in [0.15, 0.2) is 64.4 Å². The topological polar surface area (TPSA) is 63.1 Å². The third-order valence-electron chi connectivity index (χ3n) is 3.91. The summed E-state index contributed by atoms with van der Waals surface area (Å²) in [5.41, 5.74) is 3.26. The molecule has 0 aliphatic carbocycles.